The van der Waals surface area contributed by atoms with Crippen LogP contribution in [0.5, 0.6) is 11.6 Å². The molecular formula is C16H18N4O3. The minimum absolute atomic E-state index is 0.231. The molecule has 3 rings (SSSR count). The predicted molar refractivity (Wildman–Crippen MR) is 84.9 cm³/mol. The number of anilines is 1. The van der Waals surface area contributed by atoms with Crippen molar-refractivity contribution >= 4 is 11.6 Å². The summed E-state index contributed by atoms with van der Waals surface area (Å²) in [5.41, 5.74) is 0.902. The van der Waals surface area contributed by atoms with Crippen LogP contribution >= 0.6 is 0 Å². The zero-order valence-corrected chi connectivity index (χ0v) is 12.8. The maximum atomic E-state index is 12.1. The highest BCUT2D eigenvalue weighted by atomic mass is 16.5. The van der Waals surface area contributed by atoms with Crippen molar-refractivity contribution in [3.63, 3.8) is 0 Å². The molecule has 0 bridgehead atoms. The second kappa shape index (κ2) is 7.06. The van der Waals surface area contributed by atoms with Crippen LogP contribution in [0.25, 0.3) is 0 Å². The number of ether oxygens (including phenoxy) is 2. The van der Waals surface area contributed by atoms with Gasteiger partial charge >= 0.3 is 0 Å². The molecule has 1 amide bonds. The van der Waals surface area contributed by atoms with E-state index in [1.54, 1.807) is 12.1 Å². The summed E-state index contributed by atoms with van der Waals surface area (Å²) < 4.78 is 10.9. The van der Waals surface area contributed by atoms with Gasteiger partial charge in [0.05, 0.1) is 19.0 Å². The lowest BCUT2D eigenvalue weighted by molar-refractivity contribution is 0.102. The SMILES string of the molecule is CCOc1cnc(C(=O)Nc2ccc(OC3CNC3)cc2)cn1. The Labute approximate surface area is 134 Å². The lowest BCUT2D eigenvalue weighted by Gasteiger charge is -2.27. The number of carbonyl (C=O) groups excluding carboxylic acids is 1. The van der Waals surface area contributed by atoms with Crippen LogP contribution in [0, 0.1) is 0 Å². The highest BCUT2D eigenvalue weighted by molar-refractivity contribution is 6.02. The van der Waals surface area contributed by atoms with E-state index in [2.05, 4.69) is 20.6 Å². The minimum atomic E-state index is -0.322. The molecule has 0 atom stereocenters. The van der Waals surface area contributed by atoms with Gasteiger partial charge in [0.15, 0.2) is 0 Å². The lowest BCUT2D eigenvalue weighted by Crippen LogP contribution is -2.50. The monoisotopic (exact) mass is 314 g/mol. The summed E-state index contributed by atoms with van der Waals surface area (Å²) in [6.45, 7) is 4.10. The smallest absolute Gasteiger partial charge is 0.275 e. The van der Waals surface area contributed by atoms with E-state index in [4.69, 9.17) is 9.47 Å². The van der Waals surface area contributed by atoms with Crippen molar-refractivity contribution in [3.05, 3.63) is 42.4 Å². The fraction of sp³-hybridized carbons (Fsp3) is 0.312. The second-order valence-electron chi connectivity index (χ2n) is 5.05. The summed E-state index contributed by atoms with van der Waals surface area (Å²) in [7, 11) is 0. The number of aromatic nitrogens is 2. The molecular weight excluding hydrogens is 296 g/mol. The second-order valence-corrected chi connectivity index (χ2v) is 5.05. The van der Waals surface area contributed by atoms with Gasteiger partial charge in [0, 0.05) is 18.8 Å². The molecule has 1 saturated heterocycles. The number of rotatable bonds is 6. The maximum Gasteiger partial charge on any atom is 0.275 e. The van der Waals surface area contributed by atoms with Gasteiger partial charge in [0.1, 0.15) is 17.5 Å². The summed E-state index contributed by atoms with van der Waals surface area (Å²) in [6.07, 6.45) is 3.05. The van der Waals surface area contributed by atoms with Gasteiger partial charge < -0.3 is 20.1 Å². The molecule has 120 valence electrons. The van der Waals surface area contributed by atoms with E-state index in [-0.39, 0.29) is 17.7 Å². The third kappa shape index (κ3) is 3.95. The topological polar surface area (TPSA) is 85.4 Å². The Balaban J connectivity index is 1.58. The van der Waals surface area contributed by atoms with E-state index in [0.717, 1.165) is 18.8 Å². The predicted octanol–water partition coefficient (Wildman–Crippen LogP) is 1.48. The Morgan fingerprint density at radius 3 is 2.61 bits per heavy atom. The Bertz CT molecular complexity index is 654. The first kappa shape index (κ1) is 15.2. The molecule has 0 unspecified atom stereocenters. The zero-order chi connectivity index (χ0) is 16.1. The van der Waals surface area contributed by atoms with Crippen LogP contribution in [0.3, 0.4) is 0 Å². The summed E-state index contributed by atoms with van der Waals surface area (Å²) in [5.74, 6) is 0.865. The van der Waals surface area contributed by atoms with Crippen molar-refractivity contribution in [1.82, 2.24) is 15.3 Å². The Kier molecular flexibility index (Phi) is 4.68. The Morgan fingerprint density at radius 2 is 2.04 bits per heavy atom. The van der Waals surface area contributed by atoms with Crippen molar-refractivity contribution in [3.8, 4) is 11.6 Å². The number of hydrogen-bond donors (Lipinski definition) is 2. The Hall–Kier alpha value is -2.67. The van der Waals surface area contributed by atoms with Crippen LogP contribution in [0.15, 0.2) is 36.7 Å². The number of carbonyl (C=O) groups is 1. The van der Waals surface area contributed by atoms with Gasteiger partial charge in [0.25, 0.3) is 5.91 Å². The first-order valence-corrected chi connectivity index (χ1v) is 7.48. The average Bonchev–Trinajstić information content (AvgIpc) is 2.53. The number of nitrogens with zero attached hydrogens (tertiary/aromatic N) is 2. The van der Waals surface area contributed by atoms with Gasteiger partial charge in [-0.25, -0.2) is 9.97 Å². The van der Waals surface area contributed by atoms with Crippen molar-refractivity contribution in [2.75, 3.05) is 25.0 Å². The van der Waals surface area contributed by atoms with Crippen molar-refractivity contribution in [1.29, 1.82) is 0 Å². The standard InChI is InChI=1S/C16H18N4O3/c1-2-22-15-10-18-14(9-19-15)16(21)20-11-3-5-12(6-4-11)23-13-7-17-8-13/h3-6,9-10,13,17H,2,7-8H2,1H3,(H,20,21). The lowest BCUT2D eigenvalue weighted by atomic mass is 10.2. The van der Waals surface area contributed by atoms with E-state index in [9.17, 15) is 4.79 Å². The molecule has 2 heterocycles. The van der Waals surface area contributed by atoms with Crippen LogP contribution in [-0.2, 0) is 0 Å². The highest BCUT2D eigenvalue weighted by Crippen LogP contribution is 2.18. The molecule has 0 aliphatic carbocycles. The molecule has 1 aromatic carbocycles. The first-order valence-electron chi connectivity index (χ1n) is 7.48. The number of nitrogens with one attached hydrogen (secondary N) is 2. The number of benzene rings is 1. The van der Waals surface area contributed by atoms with E-state index in [1.807, 2.05) is 19.1 Å². The first-order chi connectivity index (χ1) is 11.2. The summed E-state index contributed by atoms with van der Waals surface area (Å²) >= 11 is 0. The molecule has 7 heteroatoms. The maximum absolute atomic E-state index is 12.1. The van der Waals surface area contributed by atoms with E-state index in [1.165, 1.54) is 12.4 Å². The van der Waals surface area contributed by atoms with Crippen LogP contribution < -0.4 is 20.1 Å². The summed E-state index contributed by atoms with van der Waals surface area (Å²) in [6, 6.07) is 7.25. The van der Waals surface area contributed by atoms with Gasteiger partial charge in [-0.2, -0.15) is 0 Å². The normalized spacial score (nSPS) is 14.0. The molecule has 0 radical (unpaired) electrons. The van der Waals surface area contributed by atoms with Crippen LogP contribution in [0.4, 0.5) is 5.69 Å². The van der Waals surface area contributed by atoms with Gasteiger partial charge in [-0.3, -0.25) is 4.79 Å². The van der Waals surface area contributed by atoms with Crippen molar-refractivity contribution in [2.24, 2.45) is 0 Å². The van der Waals surface area contributed by atoms with Gasteiger partial charge in [-0.05, 0) is 31.2 Å². The summed E-state index contributed by atoms with van der Waals surface area (Å²) in [4.78, 5) is 20.2. The Morgan fingerprint density at radius 1 is 1.26 bits per heavy atom. The third-order valence-electron chi connectivity index (χ3n) is 3.31. The number of hydrogen-bond acceptors (Lipinski definition) is 6. The average molecular weight is 314 g/mol. The minimum Gasteiger partial charge on any atom is -0.488 e. The van der Waals surface area contributed by atoms with Gasteiger partial charge in [-0.15, -0.1) is 0 Å². The molecule has 7 nitrogen and oxygen atoms in total. The van der Waals surface area contributed by atoms with Gasteiger partial charge in [-0.1, -0.05) is 0 Å². The molecule has 1 aliphatic rings. The van der Waals surface area contributed by atoms with E-state index < -0.39 is 0 Å². The third-order valence-corrected chi connectivity index (χ3v) is 3.31. The largest absolute Gasteiger partial charge is 0.488 e. The van der Waals surface area contributed by atoms with Gasteiger partial charge in [0.2, 0.25) is 5.88 Å². The van der Waals surface area contributed by atoms with E-state index >= 15 is 0 Å². The molecule has 1 fully saturated rings. The number of amides is 1. The molecule has 23 heavy (non-hydrogen) atoms. The van der Waals surface area contributed by atoms with Crippen LogP contribution in [0.2, 0.25) is 0 Å². The molecule has 2 aromatic rings. The zero-order valence-electron chi connectivity index (χ0n) is 12.8. The fourth-order valence-electron chi connectivity index (χ4n) is 2.01. The fourth-order valence-corrected chi connectivity index (χ4v) is 2.01. The molecule has 0 saturated carbocycles. The molecule has 0 spiro atoms. The molecule has 1 aliphatic heterocycles. The molecule has 2 N–H and O–H groups in total. The van der Waals surface area contributed by atoms with Crippen LogP contribution in [-0.4, -0.2) is 41.7 Å². The van der Waals surface area contributed by atoms with Crippen LogP contribution in [0.1, 0.15) is 17.4 Å². The quantitative estimate of drug-likeness (QED) is 0.840. The van der Waals surface area contributed by atoms with Crippen molar-refractivity contribution < 1.29 is 14.3 Å². The summed E-state index contributed by atoms with van der Waals surface area (Å²) in [5, 5.41) is 5.91. The van der Waals surface area contributed by atoms with Crippen molar-refractivity contribution in [2.45, 2.75) is 13.0 Å². The molecule has 1 aromatic heterocycles. The highest BCUT2D eigenvalue weighted by Gasteiger charge is 2.18. The van der Waals surface area contributed by atoms with E-state index in [0.29, 0.717) is 18.2 Å².